The Balaban J connectivity index is 0.954. The molecule has 3 aromatic rings. The van der Waals surface area contributed by atoms with Gasteiger partial charge >= 0.3 is 0 Å². The van der Waals surface area contributed by atoms with Crippen LogP contribution in [0.2, 0.25) is 0 Å². The molecular formula is C30H33N7O3. The third-order valence-electron chi connectivity index (χ3n) is 8.80. The predicted molar refractivity (Wildman–Crippen MR) is 151 cm³/mol. The molecule has 7 rings (SSSR count). The lowest BCUT2D eigenvalue weighted by Crippen LogP contribution is -2.58. The second kappa shape index (κ2) is 10.2. The number of carbonyl (C=O) groups is 2. The molecule has 10 heteroatoms. The molecule has 0 unspecified atom stereocenters. The first-order valence-electron chi connectivity index (χ1n) is 14.1. The number of fused-ring (bicyclic) bond motifs is 4. The molecule has 4 aliphatic rings. The SMILES string of the molecule is O=C1NC(=O)c2c(CN3CCC(CN4CCN5c6cc(-c7ccccc7O)nnc6NC[C@H]5C4)CC3)cccc21. The summed E-state index contributed by atoms with van der Waals surface area (Å²) >= 11 is 0. The van der Waals surface area contributed by atoms with Gasteiger partial charge in [0, 0.05) is 44.8 Å². The number of piperazine rings is 1. The summed E-state index contributed by atoms with van der Waals surface area (Å²) in [5, 5.41) is 25.0. The van der Waals surface area contributed by atoms with Crippen LogP contribution in [0.5, 0.6) is 5.75 Å². The minimum Gasteiger partial charge on any atom is -0.507 e. The number of aromatic nitrogens is 2. The van der Waals surface area contributed by atoms with Gasteiger partial charge in [0.15, 0.2) is 5.82 Å². The fraction of sp³-hybridized carbons (Fsp3) is 0.400. The van der Waals surface area contributed by atoms with Crippen molar-refractivity contribution in [1.82, 2.24) is 25.3 Å². The minimum absolute atomic E-state index is 0.209. The molecule has 3 N–H and O–H groups in total. The van der Waals surface area contributed by atoms with E-state index in [0.717, 1.165) is 75.7 Å². The van der Waals surface area contributed by atoms with Gasteiger partial charge in [0.1, 0.15) is 5.75 Å². The minimum atomic E-state index is -0.291. The lowest BCUT2D eigenvalue weighted by atomic mass is 9.94. The van der Waals surface area contributed by atoms with E-state index in [9.17, 15) is 14.7 Å². The summed E-state index contributed by atoms with van der Waals surface area (Å²) in [6.45, 7) is 7.57. The summed E-state index contributed by atoms with van der Waals surface area (Å²) < 4.78 is 0. The molecule has 5 heterocycles. The number of anilines is 2. The monoisotopic (exact) mass is 539 g/mol. The van der Waals surface area contributed by atoms with E-state index in [-0.39, 0.29) is 17.6 Å². The van der Waals surface area contributed by atoms with Crippen molar-refractivity contribution >= 4 is 23.3 Å². The number of nitrogens with zero attached hydrogens (tertiary/aromatic N) is 5. The van der Waals surface area contributed by atoms with Crippen LogP contribution in [-0.2, 0) is 6.54 Å². The molecule has 0 bridgehead atoms. The highest BCUT2D eigenvalue weighted by Crippen LogP contribution is 2.36. The fourth-order valence-corrected chi connectivity index (χ4v) is 6.70. The molecule has 1 aromatic heterocycles. The standard InChI is InChI=1S/C30H33N7O3/c38-26-7-2-1-5-22(26)24-14-25-28(34-33-24)31-15-21-18-36(12-13-37(21)25)16-19-8-10-35(11-9-19)17-20-4-3-6-23-27(20)30(40)32-29(23)39/h1-7,14,19,21,38H,8-13,15-18H2,(H,31,34)(H,32,39,40)/t21-/m0/s1. The van der Waals surface area contributed by atoms with Crippen LogP contribution in [0.25, 0.3) is 11.3 Å². The molecule has 2 amide bonds. The van der Waals surface area contributed by atoms with Crippen LogP contribution in [0.15, 0.2) is 48.5 Å². The van der Waals surface area contributed by atoms with Crippen LogP contribution in [-0.4, -0.2) is 88.8 Å². The van der Waals surface area contributed by atoms with Gasteiger partial charge in [-0.15, -0.1) is 10.2 Å². The van der Waals surface area contributed by atoms with Gasteiger partial charge in [0.05, 0.1) is 28.6 Å². The number of phenolic OH excluding ortho intramolecular Hbond substituents is 1. The molecule has 40 heavy (non-hydrogen) atoms. The summed E-state index contributed by atoms with van der Waals surface area (Å²) in [7, 11) is 0. The van der Waals surface area contributed by atoms with Gasteiger partial charge in [0.2, 0.25) is 0 Å². The lowest BCUT2D eigenvalue weighted by Gasteiger charge is -2.47. The number of hydrogen-bond acceptors (Lipinski definition) is 9. The number of para-hydroxylation sites is 1. The third-order valence-corrected chi connectivity index (χ3v) is 8.80. The van der Waals surface area contributed by atoms with Gasteiger partial charge in [-0.3, -0.25) is 24.7 Å². The maximum absolute atomic E-state index is 12.3. The van der Waals surface area contributed by atoms with Crippen LogP contribution >= 0.6 is 0 Å². The molecule has 0 saturated carbocycles. The van der Waals surface area contributed by atoms with E-state index >= 15 is 0 Å². The average molecular weight is 540 g/mol. The highest BCUT2D eigenvalue weighted by molar-refractivity contribution is 6.22. The Morgan fingerprint density at radius 3 is 2.58 bits per heavy atom. The van der Waals surface area contributed by atoms with Crippen LogP contribution in [0, 0.1) is 5.92 Å². The van der Waals surface area contributed by atoms with Crippen molar-refractivity contribution in [1.29, 1.82) is 0 Å². The highest BCUT2D eigenvalue weighted by Gasteiger charge is 2.35. The number of aromatic hydroxyl groups is 1. The molecule has 206 valence electrons. The van der Waals surface area contributed by atoms with Crippen LogP contribution in [0.1, 0.15) is 39.1 Å². The molecule has 1 atom stereocenters. The number of piperidine rings is 1. The Morgan fingerprint density at radius 1 is 0.900 bits per heavy atom. The Hall–Kier alpha value is -4.02. The topological polar surface area (TPSA) is 114 Å². The van der Waals surface area contributed by atoms with Gasteiger partial charge in [-0.05, 0) is 61.7 Å². The quantitative estimate of drug-likeness (QED) is 0.421. The Labute approximate surface area is 233 Å². The van der Waals surface area contributed by atoms with E-state index in [1.165, 1.54) is 0 Å². The van der Waals surface area contributed by atoms with Crippen molar-refractivity contribution in [2.45, 2.75) is 25.4 Å². The Morgan fingerprint density at radius 2 is 1.73 bits per heavy atom. The summed E-state index contributed by atoms with van der Waals surface area (Å²) in [6.07, 6.45) is 2.26. The third kappa shape index (κ3) is 4.56. The number of rotatable bonds is 5. The number of carbonyl (C=O) groups excluding carboxylic acids is 2. The molecule has 0 aliphatic carbocycles. The van der Waals surface area contributed by atoms with Crippen molar-refractivity contribution < 1.29 is 14.7 Å². The normalized spacial score (nSPS) is 21.4. The van der Waals surface area contributed by atoms with Gasteiger partial charge < -0.3 is 15.3 Å². The van der Waals surface area contributed by atoms with Crippen molar-refractivity contribution in [3.8, 4) is 17.0 Å². The van der Waals surface area contributed by atoms with E-state index in [2.05, 4.69) is 35.5 Å². The first-order valence-corrected chi connectivity index (χ1v) is 14.1. The number of hydrogen-bond donors (Lipinski definition) is 3. The first-order chi connectivity index (χ1) is 19.5. The number of phenols is 1. The van der Waals surface area contributed by atoms with Crippen LogP contribution < -0.4 is 15.5 Å². The van der Waals surface area contributed by atoms with Gasteiger partial charge in [-0.2, -0.15) is 0 Å². The van der Waals surface area contributed by atoms with E-state index in [0.29, 0.717) is 40.9 Å². The molecule has 2 fully saturated rings. The Bertz CT molecular complexity index is 1470. The molecule has 10 nitrogen and oxygen atoms in total. The van der Waals surface area contributed by atoms with Crippen molar-refractivity contribution in [3.05, 3.63) is 65.2 Å². The van der Waals surface area contributed by atoms with E-state index < -0.39 is 0 Å². The highest BCUT2D eigenvalue weighted by atomic mass is 16.3. The maximum atomic E-state index is 12.3. The van der Waals surface area contributed by atoms with Crippen LogP contribution in [0.4, 0.5) is 11.5 Å². The number of likely N-dealkylation sites (tertiary alicyclic amines) is 1. The first kappa shape index (κ1) is 25.0. The van der Waals surface area contributed by atoms with Crippen molar-refractivity contribution in [2.75, 3.05) is 56.0 Å². The molecule has 0 spiro atoms. The maximum Gasteiger partial charge on any atom is 0.259 e. The molecule has 2 saturated heterocycles. The number of amides is 2. The number of imide groups is 1. The van der Waals surface area contributed by atoms with Crippen molar-refractivity contribution in [3.63, 3.8) is 0 Å². The summed E-state index contributed by atoms with van der Waals surface area (Å²) in [6, 6.07) is 15.2. The summed E-state index contributed by atoms with van der Waals surface area (Å²) in [4.78, 5) is 31.8. The largest absolute Gasteiger partial charge is 0.507 e. The van der Waals surface area contributed by atoms with E-state index in [1.54, 1.807) is 12.1 Å². The smallest absolute Gasteiger partial charge is 0.259 e. The lowest BCUT2D eigenvalue weighted by molar-refractivity contribution is 0.0878. The van der Waals surface area contributed by atoms with Gasteiger partial charge in [-0.1, -0.05) is 24.3 Å². The van der Waals surface area contributed by atoms with E-state index in [1.807, 2.05) is 36.4 Å². The second-order valence-electron chi connectivity index (χ2n) is 11.3. The molecule has 2 aromatic carbocycles. The number of nitrogens with one attached hydrogen (secondary N) is 2. The van der Waals surface area contributed by atoms with Gasteiger partial charge in [0.25, 0.3) is 11.8 Å². The second-order valence-corrected chi connectivity index (χ2v) is 11.3. The molecular weight excluding hydrogens is 506 g/mol. The fourth-order valence-electron chi connectivity index (χ4n) is 6.70. The van der Waals surface area contributed by atoms with Crippen molar-refractivity contribution in [2.24, 2.45) is 5.92 Å². The zero-order valence-corrected chi connectivity index (χ0v) is 22.3. The van der Waals surface area contributed by atoms with Gasteiger partial charge in [-0.25, -0.2) is 0 Å². The zero-order valence-electron chi connectivity index (χ0n) is 22.3. The Kier molecular flexibility index (Phi) is 6.36. The molecule has 0 radical (unpaired) electrons. The summed E-state index contributed by atoms with van der Waals surface area (Å²) in [5.41, 5.74) is 4.42. The molecule has 4 aliphatic heterocycles. The summed E-state index contributed by atoms with van der Waals surface area (Å²) in [5.74, 6) is 1.10. The predicted octanol–water partition coefficient (Wildman–Crippen LogP) is 2.56. The average Bonchev–Trinajstić information content (AvgIpc) is 3.27. The van der Waals surface area contributed by atoms with Crippen LogP contribution in [0.3, 0.4) is 0 Å². The van der Waals surface area contributed by atoms with E-state index in [4.69, 9.17) is 0 Å². The zero-order chi connectivity index (χ0) is 27.2. The number of benzene rings is 2.